The number of hydrogen-bond acceptors (Lipinski definition) is 3. The van der Waals surface area contributed by atoms with Gasteiger partial charge in [-0.15, -0.1) is 0 Å². The summed E-state index contributed by atoms with van der Waals surface area (Å²) in [6.07, 6.45) is 1.21. The highest BCUT2D eigenvalue weighted by Gasteiger charge is 2.14. The maximum absolute atomic E-state index is 11.0. The van der Waals surface area contributed by atoms with Gasteiger partial charge in [-0.3, -0.25) is 15.1 Å². The third-order valence-electron chi connectivity index (χ3n) is 3.09. The Morgan fingerprint density at radius 1 is 1.50 bits per heavy atom. The van der Waals surface area contributed by atoms with E-state index in [1.807, 2.05) is 31.3 Å². The summed E-state index contributed by atoms with van der Waals surface area (Å²) in [5.41, 5.74) is 3.23. The number of hydrogen-bond donors (Lipinski definition) is 2. The first-order valence-corrected chi connectivity index (χ1v) is 6.38. The third-order valence-corrected chi connectivity index (χ3v) is 3.44. The monoisotopic (exact) mass is 269 g/mol. The van der Waals surface area contributed by atoms with Gasteiger partial charge in [0, 0.05) is 17.5 Å². The minimum atomic E-state index is -0.131. The number of amides is 1. The summed E-state index contributed by atoms with van der Waals surface area (Å²) < 4.78 is 0. The third kappa shape index (κ3) is 4.29. The molecule has 0 bridgehead atoms. The zero-order chi connectivity index (χ0) is 13.5. The van der Waals surface area contributed by atoms with Gasteiger partial charge in [0.05, 0.1) is 0 Å². The van der Waals surface area contributed by atoms with Gasteiger partial charge >= 0.3 is 0 Å². The SMILES string of the molecule is CC(c1ccccc1Cl)N(C)CCCC(=O)NN. The fourth-order valence-corrected chi connectivity index (χ4v) is 2.10. The lowest BCUT2D eigenvalue weighted by atomic mass is 10.1. The Hall–Kier alpha value is -1.10. The van der Waals surface area contributed by atoms with Crippen LogP contribution in [0.5, 0.6) is 0 Å². The molecule has 1 rings (SSSR count). The Labute approximate surface area is 113 Å². The topological polar surface area (TPSA) is 58.4 Å². The van der Waals surface area contributed by atoms with Crippen LogP contribution in [0.1, 0.15) is 31.4 Å². The lowest BCUT2D eigenvalue weighted by Crippen LogP contribution is -2.31. The highest BCUT2D eigenvalue weighted by Crippen LogP contribution is 2.26. The van der Waals surface area contributed by atoms with Gasteiger partial charge in [0.1, 0.15) is 0 Å². The van der Waals surface area contributed by atoms with Crippen molar-refractivity contribution in [2.75, 3.05) is 13.6 Å². The molecule has 100 valence electrons. The molecule has 0 aliphatic rings. The van der Waals surface area contributed by atoms with Crippen molar-refractivity contribution in [2.24, 2.45) is 5.84 Å². The number of hydrazine groups is 1. The van der Waals surface area contributed by atoms with Crippen LogP contribution in [0.15, 0.2) is 24.3 Å². The Morgan fingerprint density at radius 3 is 2.78 bits per heavy atom. The Kier molecular flexibility index (Phi) is 6.12. The van der Waals surface area contributed by atoms with Crippen molar-refractivity contribution in [3.8, 4) is 0 Å². The summed E-state index contributed by atoms with van der Waals surface area (Å²) in [4.78, 5) is 13.2. The highest BCUT2D eigenvalue weighted by molar-refractivity contribution is 6.31. The van der Waals surface area contributed by atoms with Gasteiger partial charge in [-0.1, -0.05) is 29.8 Å². The second-order valence-corrected chi connectivity index (χ2v) is 4.76. The van der Waals surface area contributed by atoms with E-state index in [1.54, 1.807) is 0 Å². The van der Waals surface area contributed by atoms with Crippen molar-refractivity contribution in [1.82, 2.24) is 10.3 Å². The number of carbonyl (C=O) groups excluding carboxylic acids is 1. The van der Waals surface area contributed by atoms with Crippen LogP contribution in [0.4, 0.5) is 0 Å². The van der Waals surface area contributed by atoms with Gasteiger partial charge in [-0.2, -0.15) is 0 Å². The maximum Gasteiger partial charge on any atom is 0.233 e. The first-order valence-electron chi connectivity index (χ1n) is 6.00. The molecule has 1 unspecified atom stereocenters. The molecule has 0 aliphatic carbocycles. The van der Waals surface area contributed by atoms with Crippen LogP contribution in [0, 0.1) is 0 Å². The fourth-order valence-electron chi connectivity index (χ4n) is 1.81. The number of rotatable bonds is 6. The lowest BCUT2D eigenvalue weighted by molar-refractivity contribution is -0.121. The Balaban J connectivity index is 2.49. The number of benzene rings is 1. The molecule has 3 N–H and O–H groups in total. The van der Waals surface area contributed by atoms with Crippen LogP contribution < -0.4 is 11.3 Å². The van der Waals surface area contributed by atoms with Crippen molar-refractivity contribution in [1.29, 1.82) is 0 Å². The van der Waals surface area contributed by atoms with Gasteiger partial charge < -0.3 is 0 Å². The van der Waals surface area contributed by atoms with Gasteiger partial charge in [-0.25, -0.2) is 5.84 Å². The van der Waals surface area contributed by atoms with Gasteiger partial charge in [0.15, 0.2) is 0 Å². The number of nitrogens with two attached hydrogens (primary N) is 1. The predicted molar refractivity (Wildman–Crippen MR) is 74.1 cm³/mol. The number of halogens is 1. The standard InChI is InChI=1S/C13H20ClN3O/c1-10(11-6-3-4-7-12(11)14)17(2)9-5-8-13(18)16-15/h3-4,6-7,10H,5,8-9,15H2,1-2H3,(H,16,18). The van der Waals surface area contributed by atoms with Crippen molar-refractivity contribution in [3.63, 3.8) is 0 Å². The van der Waals surface area contributed by atoms with Crippen molar-refractivity contribution in [3.05, 3.63) is 34.9 Å². The molecule has 0 spiro atoms. The molecule has 0 radical (unpaired) electrons. The van der Waals surface area contributed by atoms with Crippen molar-refractivity contribution < 1.29 is 4.79 Å². The molecule has 1 aromatic rings. The van der Waals surface area contributed by atoms with Crippen LogP contribution >= 0.6 is 11.6 Å². The van der Waals surface area contributed by atoms with Crippen molar-refractivity contribution in [2.45, 2.75) is 25.8 Å². The minimum absolute atomic E-state index is 0.131. The van der Waals surface area contributed by atoms with E-state index in [0.29, 0.717) is 6.42 Å². The molecule has 0 aliphatic heterocycles. The van der Waals surface area contributed by atoms with Crippen LogP contribution in [-0.2, 0) is 4.79 Å². The second-order valence-electron chi connectivity index (χ2n) is 4.35. The molecular weight excluding hydrogens is 250 g/mol. The normalized spacial score (nSPS) is 12.5. The molecule has 0 saturated carbocycles. The molecule has 0 fully saturated rings. The van der Waals surface area contributed by atoms with Crippen LogP contribution in [0.3, 0.4) is 0 Å². The molecule has 1 atom stereocenters. The largest absolute Gasteiger partial charge is 0.300 e. The zero-order valence-corrected chi connectivity index (χ0v) is 11.6. The number of nitrogens with zero attached hydrogens (tertiary/aromatic N) is 1. The van der Waals surface area contributed by atoms with E-state index >= 15 is 0 Å². The van der Waals surface area contributed by atoms with E-state index < -0.39 is 0 Å². The first kappa shape index (κ1) is 15.0. The zero-order valence-electron chi connectivity index (χ0n) is 10.8. The van der Waals surface area contributed by atoms with Gasteiger partial charge in [0.2, 0.25) is 5.91 Å². The number of nitrogens with one attached hydrogen (secondary N) is 1. The highest BCUT2D eigenvalue weighted by atomic mass is 35.5. The van der Waals surface area contributed by atoms with E-state index in [9.17, 15) is 4.79 Å². The second kappa shape index (κ2) is 7.36. The summed E-state index contributed by atoms with van der Waals surface area (Å²) in [7, 11) is 2.02. The fraction of sp³-hybridized carbons (Fsp3) is 0.462. The van der Waals surface area contributed by atoms with Crippen molar-refractivity contribution >= 4 is 17.5 Å². The van der Waals surface area contributed by atoms with E-state index in [2.05, 4.69) is 17.2 Å². The Bertz CT molecular complexity index is 398. The predicted octanol–water partition coefficient (Wildman–Crippen LogP) is 2.10. The maximum atomic E-state index is 11.0. The molecule has 0 saturated heterocycles. The first-order chi connectivity index (χ1) is 8.56. The molecule has 1 aromatic carbocycles. The molecule has 1 amide bonds. The summed E-state index contributed by atoms with van der Waals surface area (Å²) in [6.45, 7) is 2.92. The van der Waals surface area contributed by atoms with E-state index in [4.69, 9.17) is 17.4 Å². The quantitative estimate of drug-likeness (QED) is 0.472. The minimum Gasteiger partial charge on any atom is -0.300 e. The van der Waals surface area contributed by atoms with Crippen LogP contribution in [0.2, 0.25) is 5.02 Å². The Morgan fingerprint density at radius 2 is 2.17 bits per heavy atom. The molecule has 4 nitrogen and oxygen atoms in total. The average Bonchev–Trinajstić information content (AvgIpc) is 2.38. The van der Waals surface area contributed by atoms with Crippen LogP contribution in [0.25, 0.3) is 0 Å². The summed E-state index contributed by atoms with van der Waals surface area (Å²) in [5.74, 6) is 4.90. The molecular formula is C13H20ClN3O. The smallest absolute Gasteiger partial charge is 0.233 e. The molecule has 0 aromatic heterocycles. The van der Waals surface area contributed by atoms with E-state index in [1.165, 1.54) is 0 Å². The average molecular weight is 270 g/mol. The summed E-state index contributed by atoms with van der Waals surface area (Å²) >= 11 is 6.16. The van der Waals surface area contributed by atoms with E-state index in [0.717, 1.165) is 23.6 Å². The van der Waals surface area contributed by atoms with E-state index in [-0.39, 0.29) is 11.9 Å². The lowest BCUT2D eigenvalue weighted by Gasteiger charge is -2.25. The van der Waals surface area contributed by atoms with Gasteiger partial charge in [0.25, 0.3) is 0 Å². The number of carbonyl (C=O) groups is 1. The molecule has 5 heteroatoms. The summed E-state index contributed by atoms with van der Waals surface area (Å²) in [6, 6.07) is 8.04. The van der Waals surface area contributed by atoms with Crippen LogP contribution in [-0.4, -0.2) is 24.4 Å². The molecule has 0 heterocycles. The molecule has 18 heavy (non-hydrogen) atoms. The van der Waals surface area contributed by atoms with Gasteiger partial charge in [-0.05, 0) is 38.6 Å². The summed E-state index contributed by atoms with van der Waals surface area (Å²) in [5, 5.41) is 0.775.